The van der Waals surface area contributed by atoms with Gasteiger partial charge in [0.05, 0.1) is 23.6 Å². The number of para-hydroxylation sites is 1. The quantitative estimate of drug-likeness (QED) is 0.363. The molecule has 11 nitrogen and oxygen atoms in total. The molecule has 12 heteroatoms. The maximum absolute atomic E-state index is 12.7. The number of hydrogen-bond donors (Lipinski definition) is 3. The summed E-state index contributed by atoms with van der Waals surface area (Å²) in [6, 6.07) is 17.7. The Balaban J connectivity index is 1.29. The number of carbonyl (C=O) groups is 1. The van der Waals surface area contributed by atoms with Gasteiger partial charge in [0.2, 0.25) is 5.95 Å². The Morgan fingerprint density at radius 3 is 2.39 bits per heavy atom. The Morgan fingerprint density at radius 1 is 0.889 bits per heavy atom. The molecule has 2 amide bonds. The normalized spacial score (nSPS) is 13.8. The highest BCUT2D eigenvalue weighted by molar-refractivity contribution is 7.92. The van der Waals surface area contributed by atoms with E-state index in [2.05, 4.69) is 35.2 Å². The molecule has 36 heavy (non-hydrogen) atoms. The van der Waals surface area contributed by atoms with E-state index < -0.39 is 16.1 Å². The molecule has 0 unspecified atom stereocenters. The van der Waals surface area contributed by atoms with Gasteiger partial charge < -0.3 is 15.0 Å². The van der Waals surface area contributed by atoms with E-state index >= 15 is 0 Å². The van der Waals surface area contributed by atoms with Crippen LogP contribution in [0.3, 0.4) is 0 Å². The summed E-state index contributed by atoms with van der Waals surface area (Å²) < 4.78 is 33.0. The van der Waals surface area contributed by atoms with E-state index in [0.717, 1.165) is 11.2 Å². The van der Waals surface area contributed by atoms with E-state index in [9.17, 15) is 13.2 Å². The molecule has 5 rings (SSSR count). The van der Waals surface area contributed by atoms with Crippen LogP contribution in [0, 0.1) is 0 Å². The second-order valence-corrected chi connectivity index (χ2v) is 9.59. The van der Waals surface area contributed by atoms with Crippen molar-refractivity contribution in [1.29, 1.82) is 0 Å². The van der Waals surface area contributed by atoms with Crippen molar-refractivity contribution in [2.45, 2.75) is 4.90 Å². The largest absolute Gasteiger partial charge is 0.378 e. The highest BCUT2D eigenvalue weighted by atomic mass is 32.2. The molecule has 1 fully saturated rings. The SMILES string of the molecule is O=C(Nc1ccc(S(=O)(=O)Nc2ccccn2)cc1)Nc1nc(N2CCOCC2)c2ccccc2n1. The molecule has 0 saturated carbocycles. The third kappa shape index (κ3) is 5.34. The molecular formula is C24H23N7O4S. The second kappa shape index (κ2) is 10.1. The number of aromatic nitrogens is 3. The highest BCUT2D eigenvalue weighted by Gasteiger charge is 2.19. The predicted octanol–water partition coefficient (Wildman–Crippen LogP) is 3.31. The number of rotatable bonds is 6. The van der Waals surface area contributed by atoms with Gasteiger partial charge in [-0.25, -0.2) is 23.2 Å². The maximum Gasteiger partial charge on any atom is 0.326 e. The van der Waals surface area contributed by atoms with Crippen molar-refractivity contribution >= 4 is 50.2 Å². The van der Waals surface area contributed by atoms with E-state index in [1.807, 2.05) is 24.3 Å². The molecule has 1 saturated heterocycles. The number of morpholine rings is 1. The summed E-state index contributed by atoms with van der Waals surface area (Å²) in [4.78, 5) is 27.8. The number of hydrogen-bond acceptors (Lipinski definition) is 8. The number of sulfonamides is 1. The number of urea groups is 1. The number of benzene rings is 2. The Morgan fingerprint density at radius 2 is 1.64 bits per heavy atom. The van der Waals surface area contributed by atoms with Gasteiger partial charge in [0, 0.05) is 30.4 Å². The van der Waals surface area contributed by atoms with Gasteiger partial charge in [0.1, 0.15) is 11.6 Å². The first kappa shape index (κ1) is 23.5. The summed E-state index contributed by atoms with van der Waals surface area (Å²) in [6.45, 7) is 2.59. The van der Waals surface area contributed by atoms with E-state index in [-0.39, 0.29) is 16.7 Å². The van der Waals surface area contributed by atoms with Crippen LogP contribution in [0.15, 0.2) is 77.8 Å². The minimum Gasteiger partial charge on any atom is -0.378 e. The minimum atomic E-state index is -3.82. The first-order valence-electron chi connectivity index (χ1n) is 11.2. The summed E-state index contributed by atoms with van der Waals surface area (Å²) >= 11 is 0. The molecule has 3 heterocycles. The van der Waals surface area contributed by atoms with Gasteiger partial charge in [-0.15, -0.1) is 0 Å². The van der Waals surface area contributed by atoms with Gasteiger partial charge in [-0.05, 0) is 48.5 Å². The third-order valence-corrected chi connectivity index (χ3v) is 6.82. The van der Waals surface area contributed by atoms with Crippen LogP contribution in [0.2, 0.25) is 0 Å². The van der Waals surface area contributed by atoms with Gasteiger partial charge in [0.25, 0.3) is 10.0 Å². The molecular weight excluding hydrogens is 482 g/mol. The topological polar surface area (TPSA) is 138 Å². The lowest BCUT2D eigenvalue weighted by Crippen LogP contribution is -2.37. The Labute approximate surface area is 207 Å². The molecule has 0 aliphatic carbocycles. The molecule has 1 aliphatic rings. The molecule has 1 aliphatic heterocycles. The van der Waals surface area contributed by atoms with Gasteiger partial charge in [-0.2, -0.15) is 4.98 Å². The van der Waals surface area contributed by atoms with Crippen molar-refractivity contribution < 1.29 is 17.9 Å². The third-order valence-electron chi connectivity index (χ3n) is 5.45. The fraction of sp³-hybridized carbons (Fsp3) is 0.167. The number of pyridine rings is 1. The number of nitrogens with one attached hydrogen (secondary N) is 3. The molecule has 0 atom stereocenters. The summed E-state index contributed by atoms with van der Waals surface area (Å²) in [5, 5.41) is 6.24. The smallest absolute Gasteiger partial charge is 0.326 e. The van der Waals surface area contributed by atoms with E-state index in [4.69, 9.17) is 4.74 Å². The fourth-order valence-electron chi connectivity index (χ4n) is 3.73. The first-order valence-corrected chi connectivity index (χ1v) is 12.7. The summed E-state index contributed by atoms with van der Waals surface area (Å²) in [5.41, 5.74) is 1.11. The van der Waals surface area contributed by atoms with Crippen molar-refractivity contribution in [3.8, 4) is 0 Å². The summed E-state index contributed by atoms with van der Waals surface area (Å²) in [5.74, 6) is 1.10. The Hall–Kier alpha value is -4.29. The van der Waals surface area contributed by atoms with Gasteiger partial charge >= 0.3 is 6.03 Å². The van der Waals surface area contributed by atoms with Crippen LogP contribution in [0.4, 0.5) is 28.1 Å². The van der Waals surface area contributed by atoms with E-state index in [0.29, 0.717) is 37.5 Å². The molecule has 184 valence electrons. The second-order valence-electron chi connectivity index (χ2n) is 7.91. The van der Waals surface area contributed by atoms with Crippen LogP contribution in [0.25, 0.3) is 10.9 Å². The number of carbonyl (C=O) groups excluding carboxylic acids is 1. The standard InChI is InChI=1S/C24H23N7O4S/c32-24(26-17-8-10-18(11-9-17)36(33,34)30-21-7-3-4-12-25-21)29-23-27-20-6-2-1-5-19(20)22(28-23)31-13-15-35-16-14-31/h1-12H,13-16H2,(H,25,30)(H2,26,27,28,29,32). The zero-order chi connectivity index (χ0) is 25.0. The number of amides is 2. The molecule has 0 radical (unpaired) electrons. The summed E-state index contributed by atoms with van der Waals surface area (Å²) in [6.07, 6.45) is 1.49. The molecule has 2 aromatic carbocycles. The van der Waals surface area contributed by atoms with Crippen molar-refractivity contribution in [2.75, 3.05) is 46.6 Å². The number of ether oxygens (including phenoxy) is 1. The predicted molar refractivity (Wildman–Crippen MR) is 137 cm³/mol. The average molecular weight is 506 g/mol. The van der Waals surface area contributed by atoms with Crippen LogP contribution in [-0.2, 0) is 14.8 Å². The molecule has 4 aromatic rings. The van der Waals surface area contributed by atoms with Crippen LogP contribution in [-0.4, -0.2) is 55.7 Å². The van der Waals surface area contributed by atoms with Gasteiger partial charge in [0.15, 0.2) is 0 Å². The minimum absolute atomic E-state index is 0.0344. The molecule has 3 N–H and O–H groups in total. The van der Waals surface area contributed by atoms with E-state index in [1.165, 1.54) is 30.5 Å². The van der Waals surface area contributed by atoms with Crippen molar-refractivity contribution in [1.82, 2.24) is 15.0 Å². The van der Waals surface area contributed by atoms with Crippen molar-refractivity contribution in [3.05, 3.63) is 72.9 Å². The number of fused-ring (bicyclic) bond motifs is 1. The van der Waals surface area contributed by atoms with Crippen LogP contribution >= 0.6 is 0 Å². The van der Waals surface area contributed by atoms with Gasteiger partial charge in [-0.1, -0.05) is 18.2 Å². The fourth-order valence-corrected chi connectivity index (χ4v) is 4.74. The lowest BCUT2D eigenvalue weighted by atomic mass is 10.2. The zero-order valence-electron chi connectivity index (χ0n) is 19.1. The lowest BCUT2D eigenvalue weighted by Gasteiger charge is -2.28. The Bertz CT molecular complexity index is 1480. The van der Waals surface area contributed by atoms with Crippen LogP contribution in [0.5, 0.6) is 0 Å². The van der Waals surface area contributed by atoms with Crippen molar-refractivity contribution in [3.63, 3.8) is 0 Å². The lowest BCUT2D eigenvalue weighted by molar-refractivity contribution is 0.122. The first-order chi connectivity index (χ1) is 17.5. The van der Waals surface area contributed by atoms with Gasteiger partial charge in [-0.3, -0.25) is 10.0 Å². The van der Waals surface area contributed by atoms with Crippen LogP contribution in [0.1, 0.15) is 0 Å². The molecule has 0 bridgehead atoms. The molecule has 2 aromatic heterocycles. The number of anilines is 4. The summed E-state index contributed by atoms with van der Waals surface area (Å²) in [7, 11) is -3.82. The monoisotopic (exact) mass is 505 g/mol. The maximum atomic E-state index is 12.7. The van der Waals surface area contributed by atoms with Crippen molar-refractivity contribution in [2.24, 2.45) is 0 Å². The average Bonchev–Trinajstić information content (AvgIpc) is 2.89. The highest BCUT2D eigenvalue weighted by Crippen LogP contribution is 2.26. The van der Waals surface area contributed by atoms with E-state index in [1.54, 1.807) is 18.2 Å². The Kier molecular flexibility index (Phi) is 6.60. The molecule has 0 spiro atoms. The number of nitrogens with zero attached hydrogens (tertiary/aromatic N) is 4. The zero-order valence-corrected chi connectivity index (χ0v) is 19.9. The van der Waals surface area contributed by atoms with Crippen LogP contribution < -0.4 is 20.3 Å².